The quantitative estimate of drug-likeness (QED) is 0.866. The van der Waals surface area contributed by atoms with E-state index in [0.29, 0.717) is 13.1 Å². The zero-order valence-electron chi connectivity index (χ0n) is 12.3. The monoisotopic (exact) mass is 328 g/mol. The molecule has 9 heteroatoms. The summed E-state index contributed by atoms with van der Waals surface area (Å²) in [5.74, 6) is 0. The topological polar surface area (TPSA) is 80.0 Å². The van der Waals surface area contributed by atoms with Crippen molar-refractivity contribution in [2.24, 2.45) is 10.8 Å². The summed E-state index contributed by atoms with van der Waals surface area (Å²) in [4.78, 5) is 12.5. The molecular formula is C14H15F3N4O2. The van der Waals surface area contributed by atoms with E-state index in [-0.39, 0.29) is 23.6 Å². The van der Waals surface area contributed by atoms with Crippen molar-refractivity contribution in [1.82, 2.24) is 5.43 Å². The number of carbonyl (C=O) groups is 1. The Morgan fingerprint density at radius 3 is 2.61 bits per heavy atom. The fraction of sp³-hybridized carbons (Fsp3) is 0.429. The number of benzene rings is 1. The SMILES string of the molecule is CC1(N)CN(c2ccc(C3=NNC(=O)OC3)cc2C(F)(F)F)C1. The van der Waals surface area contributed by atoms with Crippen molar-refractivity contribution < 1.29 is 22.7 Å². The maximum atomic E-state index is 13.4. The van der Waals surface area contributed by atoms with Gasteiger partial charge in [-0.25, -0.2) is 10.2 Å². The van der Waals surface area contributed by atoms with Crippen LogP contribution in [0.4, 0.5) is 23.7 Å². The van der Waals surface area contributed by atoms with E-state index in [1.54, 1.807) is 11.8 Å². The molecule has 3 rings (SSSR count). The van der Waals surface area contributed by atoms with Crippen LogP contribution >= 0.6 is 0 Å². The first kappa shape index (κ1) is 15.6. The Labute approximate surface area is 130 Å². The fourth-order valence-corrected chi connectivity index (χ4v) is 2.67. The minimum Gasteiger partial charge on any atom is -0.442 e. The smallest absolute Gasteiger partial charge is 0.428 e. The Balaban J connectivity index is 1.95. The number of alkyl halides is 3. The average molecular weight is 328 g/mol. The van der Waals surface area contributed by atoms with Crippen LogP contribution < -0.4 is 16.1 Å². The number of hydrogen-bond donors (Lipinski definition) is 2. The minimum atomic E-state index is -4.51. The second-order valence-electron chi connectivity index (χ2n) is 5.99. The van der Waals surface area contributed by atoms with Gasteiger partial charge in [0.15, 0.2) is 0 Å². The van der Waals surface area contributed by atoms with Gasteiger partial charge >= 0.3 is 12.3 Å². The Morgan fingerprint density at radius 2 is 2.09 bits per heavy atom. The van der Waals surface area contributed by atoms with E-state index in [4.69, 9.17) is 10.5 Å². The maximum absolute atomic E-state index is 13.4. The van der Waals surface area contributed by atoms with Crippen LogP contribution in [0.5, 0.6) is 0 Å². The van der Waals surface area contributed by atoms with Crippen LogP contribution in [0.25, 0.3) is 0 Å². The lowest BCUT2D eigenvalue weighted by Gasteiger charge is -2.47. The lowest BCUT2D eigenvalue weighted by molar-refractivity contribution is -0.137. The van der Waals surface area contributed by atoms with Crippen LogP contribution in [0.2, 0.25) is 0 Å². The molecule has 0 atom stereocenters. The van der Waals surface area contributed by atoms with Crippen LogP contribution in [-0.4, -0.2) is 37.0 Å². The van der Waals surface area contributed by atoms with Gasteiger partial charge in [0.2, 0.25) is 0 Å². The van der Waals surface area contributed by atoms with Crippen LogP contribution in [-0.2, 0) is 10.9 Å². The van der Waals surface area contributed by atoms with Gasteiger partial charge in [0.25, 0.3) is 0 Å². The zero-order chi connectivity index (χ0) is 16.8. The molecule has 2 aliphatic rings. The number of nitrogens with one attached hydrogen (secondary N) is 1. The average Bonchev–Trinajstić information content (AvgIpc) is 2.44. The molecular weight excluding hydrogens is 313 g/mol. The molecule has 6 nitrogen and oxygen atoms in total. The Hall–Kier alpha value is -2.29. The Kier molecular flexibility index (Phi) is 3.47. The van der Waals surface area contributed by atoms with Crippen molar-refractivity contribution in [2.75, 3.05) is 24.6 Å². The summed E-state index contributed by atoms with van der Waals surface area (Å²) < 4.78 is 44.8. The predicted octanol–water partition coefficient (Wildman–Crippen LogP) is 1.69. The number of amides is 1. The first-order chi connectivity index (χ1) is 10.7. The second-order valence-corrected chi connectivity index (χ2v) is 5.99. The summed E-state index contributed by atoms with van der Waals surface area (Å²) >= 11 is 0. The molecule has 0 bridgehead atoms. The molecule has 3 N–H and O–H groups in total. The summed E-state index contributed by atoms with van der Waals surface area (Å²) in [5.41, 5.74) is 7.28. The van der Waals surface area contributed by atoms with E-state index in [1.165, 1.54) is 12.1 Å². The number of rotatable bonds is 2. The summed E-state index contributed by atoms with van der Waals surface area (Å²) in [6.07, 6.45) is -5.24. The third-order valence-electron chi connectivity index (χ3n) is 3.70. The van der Waals surface area contributed by atoms with Crippen LogP contribution in [0.15, 0.2) is 23.3 Å². The van der Waals surface area contributed by atoms with E-state index in [1.807, 2.05) is 0 Å². The molecule has 0 aliphatic carbocycles. The largest absolute Gasteiger partial charge is 0.442 e. The highest BCUT2D eigenvalue weighted by Gasteiger charge is 2.41. The molecule has 1 aromatic carbocycles. The first-order valence-electron chi connectivity index (χ1n) is 6.90. The number of anilines is 1. The van der Waals surface area contributed by atoms with Crippen molar-refractivity contribution in [1.29, 1.82) is 0 Å². The van der Waals surface area contributed by atoms with Gasteiger partial charge in [0.1, 0.15) is 12.3 Å². The lowest BCUT2D eigenvalue weighted by atomic mass is 9.91. The van der Waals surface area contributed by atoms with Crippen molar-refractivity contribution in [3.05, 3.63) is 29.3 Å². The molecule has 1 aromatic rings. The maximum Gasteiger partial charge on any atom is 0.428 e. The normalized spacial score (nSPS) is 20.3. The highest BCUT2D eigenvalue weighted by Crippen LogP contribution is 2.39. The first-order valence-corrected chi connectivity index (χ1v) is 6.90. The van der Waals surface area contributed by atoms with Crippen LogP contribution in [0, 0.1) is 0 Å². The van der Waals surface area contributed by atoms with Gasteiger partial charge in [0, 0.05) is 29.9 Å². The standard InChI is InChI=1S/C14H15F3N4O2/c1-13(18)6-21(7-13)11-3-2-8(4-9(11)14(15,16)17)10-5-23-12(22)20-19-10/h2-4H,5-7,18H2,1H3,(H,20,22). The number of ether oxygens (including phenoxy) is 1. The molecule has 1 saturated heterocycles. The summed E-state index contributed by atoms with van der Waals surface area (Å²) in [6.45, 7) is 2.33. The van der Waals surface area contributed by atoms with Crippen molar-refractivity contribution in [3.63, 3.8) is 0 Å². The highest BCUT2D eigenvalue weighted by atomic mass is 19.4. The summed E-state index contributed by atoms with van der Waals surface area (Å²) in [6, 6.07) is 3.93. The van der Waals surface area contributed by atoms with Crippen molar-refractivity contribution in [3.8, 4) is 0 Å². The predicted molar refractivity (Wildman–Crippen MR) is 77.3 cm³/mol. The molecule has 23 heavy (non-hydrogen) atoms. The number of cyclic esters (lactones) is 1. The molecule has 0 spiro atoms. The zero-order valence-corrected chi connectivity index (χ0v) is 12.3. The van der Waals surface area contributed by atoms with E-state index >= 15 is 0 Å². The number of hydrazone groups is 1. The van der Waals surface area contributed by atoms with Crippen LogP contribution in [0.1, 0.15) is 18.1 Å². The Morgan fingerprint density at radius 1 is 1.39 bits per heavy atom. The van der Waals surface area contributed by atoms with Gasteiger partial charge in [-0.3, -0.25) is 0 Å². The van der Waals surface area contributed by atoms with E-state index in [2.05, 4.69) is 10.5 Å². The van der Waals surface area contributed by atoms with Gasteiger partial charge in [-0.1, -0.05) is 6.07 Å². The van der Waals surface area contributed by atoms with Gasteiger partial charge in [-0.05, 0) is 19.1 Å². The van der Waals surface area contributed by atoms with Gasteiger partial charge < -0.3 is 15.4 Å². The molecule has 0 saturated carbocycles. The van der Waals surface area contributed by atoms with E-state index in [0.717, 1.165) is 6.07 Å². The fourth-order valence-electron chi connectivity index (χ4n) is 2.67. The molecule has 0 radical (unpaired) electrons. The molecule has 0 aromatic heterocycles. The van der Waals surface area contributed by atoms with E-state index < -0.39 is 23.4 Å². The Bertz CT molecular complexity index is 677. The lowest BCUT2D eigenvalue weighted by Crippen LogP contribution is -2.65. The second kappa shape index (κ2) is 5.12. The number of nitrogens with zero attached hydrogens (tertiary/aromatic N) is 2. The third-order valence-corrected chi connectivity index (χ3v) is 3.70. The van der Waals surface area contributed by atoms with Crippen LogP contribution in [0.3, 0.4) is 0 Å². The number of halogens is 3. The highest BCUT2D eigenvalue weighted by molar-refractivity contribution is 6.04. The molecule has 2 aliphatic heterocycles. The summed E-state index contributed by atoms with van der Waals surface area (Å²) in [5, 5.41) is 3.73. The van der Waals surface area contributed by atoms with Gasteiger partial charge in [-0.2, -0.15) is 18.3 Å². The summed E-state index contributed by atoms with van der Waals surface area (Å²) in [7, 11) is 0. The molecule has 1 amide bonds. The molecule has 124 valence electrons. The number of carbonyl (C=O) groups excluding carboxylic acids is 1. The number of nitrogens with two attached hydrogens (primary N) is 1. The minimum absolute atomic E-state index is 0.0885. The van der Waals surface area contributed by atoms with Crippen molar-refractivity contribution >= 4 is 17.5 Å². The molecule has 2 heterocycles. The van der Waals surface area contributed by atoms with Gasteiger partial charge in [0.05, 0.1) is 5.56 Å². The number of hydrogen-bond acceptors (Lipinski definition) is 5. The van der Waals surface area contributed by atoms with E-state index in [9.17, 15) is 18.0 Å². The van der Waals surface area contributed by atoms with Crippen molar-refractivity contribution in [2.45, 2.75) is 18.6 Å². The van der Waals surface area contributed by atoms with Gasteiger partial charge in [-0.15, -0.1) is 0 Å². The molecule has 1 fully saturated rings. The molecule has 0 unspecified atom stereocenters. The third kappa shape index (κ3) is 3.09.